The Morgan fingerprint density at radius 3 is 3.08 bits per heavy atom. The fourth-order valence-electron chi connectivity index (χ4n) is 1.94. The molecule has 0 aromatic heterocycles. The van der Waals surface area contributed by atoms with Gasteiger partial charge in [-0.2, -0.15) is 0 Å². The number of ether oxygens (including phenoxy) is 1. The molecule has 2 aliphatic rings. The lowest BCUT2D eigenvalue weighted by Gasteiger charge is -2.26. The smallest absolute Gasteiger partial charge is 0.185 e. The maximum absolute atomic E-state index is 9.53. The summed E-state index contributed by atoms with van der Waals surface area (Å²) in [6.45, 7) is 4.97. The van der Waals surface area contributed by atoms with Crippen LogP contribution in [0.15, 0.2) is 12.0 Å². The molecule has 0 spiro atoms. The zero-order valence-electron chi connectivity index (χ0n) is 7.53. The van der Waals surface area contributed by atoms with Crippen molar-refractivity contribution in [2.45, 2.75) is 32.5 Å². The first-order valence-corrected chi connectivity index (χ1v) is 4.49. The summed E-state index contributed by atoms with van der Waals surface area (Å²) in [7, 11) is 0. The van der Waals surface area contributed by atoms with Crippen LogP contribution in [0, 0.1) is 5.92 Å². The molecule has 1 N–H and O–H groups in total. The Bertz CT molecular complexity index is 213. The molecular formula is C9H15NO2. The highest BCUT2D eigenvalue weighted by Gasteiger charge is 2.39. The molecule has 3 heteroatoms. The summed E-state index contributed by atoms with van der Waals surface area (Å²) < 4.78 is 5.58. The first-order valence-electron chi connectivity index (χ1n) is 4.49. The van der Waals surface area contributed by atoms with E-state index in [2.05, 4.69) is 13.8 Å². The van der Waals surface area contributed by atoms with Gasteiger partial charge >= 0.3 is 0 Å². The highest BCUT2D eigenvalue weighted by Crippen LogP contribution is 2.32. The van der Waals surface area contributed by atoms with Gasteiger partial charge in [-0.25, -0.2) is 0 Å². The minimum Gasteiger partial charge on any atom is -0.495 e. The maximum atomic E-state index is 9.53. The third-order valence-corrected chi connectivity index (χ3v) is 2.53. The molecule has 2 heterocycles. The number of aliphatic hydroxyl groups excluding tert-OH is 1. The molecule has 0 bridgehead atoms. The Morgan fingerprint density at radius 1 is 1.67 bits per heavy atom. The lowest BCUT2D eigenvalue weighted by molar-refractivity contribution is -0.00603. The van der Waals surface area contributed by atoms with Gasteiger partial charge in [-0.3, -0.25) is 0 Å². The van der Waals surface area contributed by atoms with Gasteiger partial charge in [0.2, 0.25) is 0 Å². The van der Waals surface area contributed by atoms with Gasteiger partial charge in [0.15, 0.2) is 5.88 Å². The zero-order chi connectivity index (χ0) is 8.72. The molecule has 0 saturated carbocycles. The monoisotopic (exact) mass is 169 g/mol. The molecule has 1 fully saturated rings. The van der Waals surface area contributed by atoms with Gasteiger partial charge in [0.25, 0.3) is 0 Å². The fraction of sp³-hybridized carbons (Fsp3) is 0.778. The van der Waals surface area contributed by atoms with Crippen molar-refractivity contribution in [3.63, 3.8) is 0 Å². The summed E-state index contributed by atoms with van der Waals surface area (Å²) >= 11 is 0. The molecule has 0 unspecified atom stereocenters. The molecule has 0 aliphatic carbocycles. The molecule has 0 aromatic carbocycles. The van der Waals surface area contributed by atoms with Gasteiger partial charge in [0.05, 0.1) is 12.6 Å². The lowest BCUT2D eigenvalue weighted by atomic mass is 10.1. The minimum absolute atomic E-state index is 0.0775. The van der Waals surface area contributed by atoms with E-state index in [9.17, 15) is 5.11 Å². The third-order valence-electron chi connectivity index (χ3n) is 2.53. The second-order valence-corrected chi connectivity index (χ2v) is 3.83. The number of aliphatic hydroxyl groups is 1. The van der Waals surface area contributed by atoms with Crippen LogP contribution in [0.5, 0.6) is 0 Å². The van der Waals surface area contributed by atoms with Crippen molar-refractivity contribution in [3.05, 3.63) is 12.0 Å². The summed E-state index contributed by atoms with van der Waals surface area (Å²) in [6, 6.07) is 0.386. The predicted octanol–water partition coefficient (Wildman–Crippen LogP) is 1.47. The number of hydrogen-bond donors (Lipinski definition) is 1. The predicted molar refractivity (Wildman–Crippen MR) is 45.5 cm³/mol. The van der Waals surface area contributed by atoms with E-state index in [4.69, 9.17) is 4.74 Å². The third kappa shape index (κ3) is 1.00. The molecule has 0 amide bonds. The van der Waals surface area contributed by atoms with E-state index in [1.54, 1.807) is 0 Å². The molecule has 3 nitrogen and oxygen atoms in total. The number of fused-ring (bicyclic) bond motifs is 1. The average molecular weight is 169 g/mol. The van der Waals surface area contributed by atoms with E-state index in [0.717, 1.165) is 13.0 Å². The first-order chi connectivity index (χ1) is 5.70. The maximum Gasteiger partial charge on any atom is 0.185 e. The zero-order valence-corrected chi connectivity index (χ0v) is 7.53. The molecule has 12 heavy (non-hydrogen) atoms. The highest BCUT2D eigenvalue weighted by atomic mass is 16.5. The van der Waals surface area contributed by atoms with Crippen LogP contribution < -0.4 is 0 Å². The minimum atomic E-state index is 0.0775. The summed E-state index contributed by atoms with van der Waals surface area (Å²) in [5, 5.41) is 9.53. The molecule has 68 valence electrons. The van der Waals surface area contributed by atoms with Crippen LogP contribution in [0.4, 0.5) is 0 Å². The Kier molecular flexibility index (Phi) is 1.76. The van der Waals surface area contributed by atoms with Gasteiger partial charge in [0.1, 0.15) is 6.23 Å². The highest BCUT2D eigenvalue weighted by molar-refractivity contribution is 5.07. The molecule has 0 aromatic rings. The summed E-state index contributed by atoms with van der Waals surface area (Å²) in [5.41, 5.74) is 0. The van der Waals surface area contributed by atoms with Crippen LogP contribution in [0.25, 0.3) is 0 Å². The van der Waals surface area contributed by atoms with E-state index in [0.29, 0.717) is 17.8 Å². The van der Waals surface area contributed by atoms with Crippen molar-refractivity contribution in [2.24, 2.45) is 5.92 Å². The molecule has 2 rings (SSSR count). The number of hydrogen-bond acceptors (Lipinski definition) is 3. The Morgan fingerprint density at radius 2 is 2.42 bits per heavy atom. The van der Waals surface area contributed by atoms with Crippen molar-refractivity contribution in [3.8, 4) is 0 Å². The van der Waals surface area contributed by atoms with E-state index < -0.39 is 0 Å². The molecular weight excluding hydrogens is 154 g/mol. The standard InChI is InChI=1S/C9H15NO2/c1-6(2)9-10-7(5-12-9)3-4-8(10)11/h4,6-7,9,11H,3,5H2,1-2H3/t7-,9+/m0/s1. The van der Waals surface area contributed by atoms with Crippen LogP contribution in [0.1, 0.15) is 20.3 Å². The normalized spacial score (nSPS) is 34.2. The van der Waals surface area contributed by atoms with Crippen LogP contribution >= 0.6 is 0 Å². The quantitative estimate of drug-likeness (QED) is 0.645. The van der Waals surface area contributed by atoms with Crippen molar-refractivity contribution in [2.75, 3.05) is 6.61 Å². The Labute approximate surface area is 72.6 Å². The van der Waals surface area contributed by atoms with Gasteiger partial charge in [-0.15, -0.1) is 0 Å². The van der Waals surface area contributed by atoms with E-state index in [1.807, 2.05) is 11.0 Å². The van der Waals surface area contributed by atoms with Crippen molar-refractivity contribution in [1.82, 2.24) is 4.90 Å². The molecule has 0 radical (unpaired) electrons. The van der Waals surface area contributed by atoms with Crippen LogP contribution in [-0.4, -0.2) is 28.9 Å². The molecule has 2 aliphatic heterocycles. The van der Waals surface area contributed by atoms with E-state index in [-0.39, 0.29) is 6.23 Å². The van der Waals surface area contributed by atoms with Gasteiger partial charge in [-0.05, 0) is 18.4 Å². The van der Waals surface area contributed by atoms with Crippen molar-refractivity contribution < 1.29 is 9.84 Å². The fourth-order valence-corrected chi connectivity index (χ4v) is 1.94. The van der Waals surface area contributed by atoms with Crippen LogP contribution in [0.3, 0.4) is 0 Å². The lowest BCUT2D eigenvalue weighted by Crippen LogP contribution is -2.35. The molecule has 1 saturated heterocycles. The summed E-state index contributed by atoms with van der Waals surface area (Å²) in [6.07, 6.45) is 2.88. The summed E-state index contributed by atoms with van der Waals surface area (Å²) in [4.78, 5) is 1.99. The Hall–Kier alpha value is -0.700. The Balaban J connectivity index is 2.15. The van der Waals surface area contributed by atoms with Crippen molar-refractivity contribution >= 4 is 0 Å². The number of rotatable bonds is 1. The van der Waals surface area contributed by atoms with E-state index in [1.165, 1.54) is 0 Å². The largest absolute Gasteiger partial charge is 0.495 e. The summed E-state index contributed by atoms with van der Waals surface area (Å²) in [5.74, 6) is 0.833. The van der Waals surface area contributed by atoms with Crippen LogP contribution in [0.2, 0.25) is 0 Å². The topological polar surface area (TPSA) is 32.7 Å². The van der Waals surface area contributed by atoms with Crippen molar-refractivity contribution in [1.29, 1.82) is 0 Å². The van der Waals surface area contributed by atoms with Crippen LogP contribution in [-0.2, 0) is 4.74 Å². The first kappa shape index (κ1) is 7.92. The number of nitrogens with zero attached hydrogens (tertiary/aromatic N) is 1. The van der Waals surface area contributed by atoms with Gasteiger partial charge in [-0.1, -0.05) is 13.8 Å². The van der Waals surface area contributed by atoms with Gasteiger partial charge in [0, 0.05) is 0 Å². The SMILES string of the molecule is CC(C)[C@H]1OC[C@@H]2CC=C(O)N21. The second kappa shape index (κ2) is 2.66. The van der Waals surface area contributed by atoms with E-state index >= 15 is 0 Å². The van der Waals surface area contributed by atoms with Gasteiger partial charge < -0.3 is 14.7 Å². The second-order valence-electron chi connectivity index (χ2n) is 3.83. The average Bonchev–Trinajstić information content (AvgIpc) is 2.53. The molecule has 2 atom stereocenters.